The van der Waals surface area contributed by atoms with Crippen LogP contribution >= 0.6 is 43.2 Å². The van der Waals surface area contributed by atoms with Gasteiger partial charge in [-0.1, -0.05) is 90.1 Å². The van der Waals surface area contributed by atoms with Crippen LogP contribution in [0.3, 0.4) is 0 Å². The zero-order valence-electron chi connectivity index (χ0n) is 23.7. The first kappa shape index (κ1) is 34.5. The summed E-state index contributed by atoms with van der Waals surface area (Å²) in [6.07, 6.45) is 7.22. The largest absolute Gasteiger partial charge is 0.480 e. The summed E-state index contributed by atoms with van der Waals surface area (Å²) in [5.41, 5.74) is 0. The van der Waals surface area contributed by atoms with Crippen LogP contribution in [0.5, 0.6) is 0 Å². The average molecular weight is 623 g/mol. The van der Waals surface area contributed by atoms with E-state index >= 15 is 0 Å². The standard InChI is InChI=1S/C27H46N2O6S4/c1-18(2)9-5-6-10-21(39-38-16-20(4)25(31)29-14-8-12-23(29)27(34)35)17-37-36-15-19(3)24(30)28-13-7-11-22(28)26(32)33/h18-23H,5-17H2,1-4H3,(H,32,33)(H,34,35)/t19-,20-,21-,22+,23+/m1/s1. The van der Waals surface area contributed by atoms with Crippen LogP contribution in [0.15, 0.2) is 0 Å². The van der Waals surface area contributed by atoms with Crippen molar-refractivity contribution in [3.8, 4) is 0 Å². The zero-order chi connectivity index (χ0) is 28.9. The van der Waals surface area contributed by atoms with Crippen LogP contribution in [-0.4, -0.2) is 91.4 Å². The smallest absolute Gasteiger partial charge is 0.326 e. The molecule has 2 saturated heterocycles. The molecule has 0 bridgehead atoms. The predicted octanol–water partition coefficient (Wildman–Crippen LogP) is 5.76. The Balaban J connectivity index is 1.78. The minimum atomic E-state index is -0.914. The van der Waals surface area contributed by atoms with E-state index in [2.05, 4.69) is 13.8 Å². The Morgan fingerprint density at radius 2 is 1.18 bits per heavy atom. The maximum absolute atomic E-state index is 12.9. The average Bonchev–Trinajstić information content (AvgIpc) is 3.57. The molecule has 2 amide bonds. The fraction of sp³-hybridized carbons (Fsp3) is 0.852. The Morgan fingerprint density at radius 3 is 1.67 bits per heavy atom. The Morgan fingerprint density at radius 1 is 0.718 bits per heavy atom. The molecule has 0 radical (unpaired) electrons. The summed E-state index contributed by atoms with van der Waals surface area (Å²) in [7, 11) is 6.96. The van der Waals surface area contributed by atoms with E-state index in [9.17, 15) is 29.4 Å². The lowest BCUT2D eigenvalue weighted by atomic mass is 10.0. The molecule has 2 heterocycles. The van der Waals surface area contributed by atoms with E-state index in [0.29, 0.717) is 48.6 Å². The highest BCUT2D eigenvalue weighted by molar-refractivity contribution is 8.78. The molecule has 0 aromatic heterocycles. The molecule has 224 valence electrons. The van der Waals surface area contributed by atoms with Gasteiger partial charge >= 0.3 is 11.9 Å². The molecule has 2 N–H and O–H groups in total. The van der Waals surface area contributed by atoms with E-state index in [0.717, 1.165) is 31.4 Å². The van der Waals surface area contributed by atoms with Crippen LogP contribution in [0.4, 0.5) is 0 Å². The van der Waals surface area contributed by atoms with E-state index in [1.165, 1.54) is 22.6 Å². The van der Waals surface area contributed by atoms with Crippen LogP contribution in [0.2, 0.25) is 0 Å². The maximum Gasteiger partial charge on any atom is 0.326 e. The van der Waals surface area contributed by atoms with Crippen molar-refractivity contribution in [2.24, 2.45) is 17.8 Å². The first-order valence-corrected chi connectivity index (χ1v) is 19.0. The third-order valence-corrected chi connectivity index (χ3v) is 13.2. The molecule has 2 aliphatic rings. The van der Waals surface area contributed by atoms with Gasteiger partial charge in [-0.15, -0.1) is 0 Å². The molecule has 12 heteroatoms. The Kier molecular flexibility index (Phi) is 15.9. The second-order valence-electron chi connectivity index (χ2n) is 11.1. The van der Waals surface area contributed by atoms with E-state index < -0.39 is 24.0 Å². The van der Waals surface area contributed by atoms with E-state index in [1.807, 2.05) is 24.6 Å². The van der Waals surface area contributed by atoms with Gasteiger partial charge in [-0.3, -0.25) is 9.59 Å². The molecule has 0 unspecified atom stereocenters. The number of carbonyl (C=O) groups is 4. The summed E-state index contributed by atoms with van der Waals surface area (Å²) in [5, 5.41) is 19.2. The van der Waals surface area contributed by atoms with Crippen LogP contribution < -0.4 is 0 Å². The van der Waals surface area contributed by atoms with Gasteiger partial charge in [0, 0.05) is 47.4 Å². The van der Waals surface area contributed by atoms with Crippen LogP contribution in [-0.2, 0) is 19.2 Å². The number of likely N-dealkylation sites (tertiary alicyclic amines) is 2. The first-order valence-electron chi connectivity index (χ1n) is 14.1. The van der Waals surface area contributed by atoms with Crippen molar-refractivity contribution >= 4 is 66.9 Å². The molecule has 2 aliphatic heterocycles. The van der Waals surface area contributed by atoms with Crippen molar-refractivity contribution in [1.29, 1.82) is 0 Å². The third kappa shape index (κ3) is 11.6. The van der Waals surface area contributed by atoms with Gasteiger partial charge in [-0.25, -0.2) is 9.59 Å². The summed E-state index contributed by atoms with van der Waals surface area (Å²) in [6.45, 7) is 9.31. The second-order valence-corrected chi connectivity index (χ2v) is 16.4. The summed E-state index contributed by atoms with van der Waals surface area (Å²) < 4.78 is 0. The minimum Gasteiger partial charge on any atom is -0.480 e. The van der Waals surface area contributed by atoms with E-state index in [4.69, 9.17) is 0 Å². The number of rotatable bonds is 18. The normalized spacial score (nSPS) is 21.8. The number of carboxylic acids is 2. The maximum atomic E-state index is 12.9. The monoisotopic (exact) mass is 622 g/mol. The van der Waals surface area contributed by atoms with Gasteiger partial charge in [0.1, 0.15) is 12.1 Å². The van der Waals surface area contributed by atoms with Gasteiger partial charge in [0.25, 0.3) is 0 Å². The molecule has 0 aliphatic carbocycles. The van der Waals surface area contributed by atoms with Gasteiger partial charge in [0.2, 0.25) is 11.8 Å². The second kappa shape index (κ2) is 18.0. The molecule has 39 heavy (non-hydrogen) atoms. The number of carboxylic acid groups (broad SMARTS) is 2. The van der Waals surface area contributed by atoms with Crippen molar-refractivity contribution in [3.63, 3.8) is 0 Å². The van der Waals surface area contributed by atoms with Crippen molar-refractivity contribution < 1.29 is 29.4 Å². The van der Waals surface area contributed by atoms with E-state index in [-0.39, 0.29) is 23.7 Å². The Labute approximate surface area is 249 Å². The number of hydrogen-bond acceptors (Lipinski definition) is 8. The lowest BCUT2D eigenvalue weighted by Gasteiger charge is -2.25. The molecular formula is C27H46N2O6S4. The Bertz CT molecular complexity index is 817. The highest BCUT2D eigenvalue weighted by atomic mass is 33.1. The number of unbranched alkanes of at least 4 members (excludes halogenated alkanes) is 1. The van der Waals surface area contributed by atoms with Crippen LogP contribution in [0.1, 0.15) is 79.1 Å². The molecule has 0 spiro atoms. The van der Waals surface area contributed by atoms with Gasteiger partial charge in [0.15, 0.2) is 0 Å². The predicted molar refractivity (Wildman–Crippen MR) is 165 cm³/mol. The molecule has 0 aromatic rings. The van der Waals surface area contributed by atoms with Gasteiger partial charge in [-0.05, 0) is 38.0 Å². The number of carbonyl (C=O) groups excluding carboxylic acids is 2. The Hall–Kier alpha value is -0.720. The summed E-state index contributed by atoms with van der Waals surface area (Å²) in [4.78, 5) is 51.6. The highest BCUT2D eigenvalue weighted by Gasteiger charge is 2.37. The third-order valence-electron chi connectivity index (χ3n) is 7.22. The van der Waals surface area contributed by atoms with Crippen molar-refractivity contribution in [3.05, 3.63) is 0 Å². The summed E-state index contributed by atoms with van der Waals surface area (Å²) in [5.74, 6) is 0.527. The number of aliphatic carboxylic acids is 2. The molecule has 0 saturated carbocycles. The number of hydrogen-bond donors (Lipinski definition) is 2. The SMILES string of the molecule is CC(C)CCCC[C@H](CSSC[C@@H](C)C(=O)N1CCC[C@H]1C(=O)O)SSC[C@@H](C)C(=O)N1CCC[C@H]1C(=O)O. The van der Waals surface area contributed by atoms with Gasteiger partial charge in [0.05, 0.1) is 0 Å². The van der Waals surface area contributed by atoms with E-state index in [1.54, 1.807) is 32.4 Å². The molecule has 2 fully saturated rings. The number of amides is 2. The lowest BCUT2D eigenvalue weighted by Crippen LogP contribution is -2.43. The van der Waals surface area contributed by atoms with Gasteiger partial charge in [-0.2, -0.15) is 0 Å². The molecule has 0 aromatic carbocycles. The van der Waals surface area contributed by atoms with Crippen molar-refractivity contribution in [2.45, 2.75) is 96.4 Å². The van der Waals surface area contributed by atoms with Crippen molar-refractivity contribution in [2.75, 3.05) is 30.3 Å². The summed E-state index contributed by atoms with van der Waals surface area (Å²) in [6, 6.07) is -1.37. The van der Waals surface area contributed by atoms with Crippen molar-refractivity contribution in [1.82, 2.24) is 9.80 Å². The molecule has 5 atom stereocenters. The topological polar surface area (TPSA) is 115 Å². The fourth-order valence-electron chi connectivity index (χ4n) is 4.88. The fourth-order valence-corrected chi connectivity index (χ4v) is 11.2. The minimum absolute atomic E-state index is 0.0618. The quantitative estimate of drug-likeness (QED) is 0.144. The van der Waals surface area contributed by atoms with Crippen LogP contribution in [0.25, 0.3) is 0 Å². The molecule has 8 nitrogen and oxygen atoms in total. The number of nitrogens with zero attached hydrogens (tertiary/aromatic N) is 2. The first-order chi connectivity index (χ1) is 18.5. The highest BCUT2D eigenvalue weighted by Crippen LogP contribution is 2.37. The molecular weight excluding hydrogens is 577 g/mol. The van der Waals surface area contributed by atoms with Crippen LogP contribution in [0, 0.1) is 17.8 Å². The zero-order valence-corrected chi connectivity index (χ0v) is 27.0. The van der Waals surface area contributed by atoms with Gasteiger partial charge < -0.3 is 20.0 Å². The lowest BCUT2D eigenvalue weighted by molar-refractivity contribution is -0.149. The molecule has 2 rings (SSSR count). The summed E-state index contributed by atoms with van der Waals surface area (Å²) >= 11 is 0.